The minimum absolute atomic E-state index is 0.0500. The maximum absolute atomic E-state index is 13.3. The molecule has 10 nitrogen and oxygen atoms in total. The predicted octanol–water partition coefficient (Wildman–Crippen LogP) is 3.08. The first kappa shape index (κ1) is 22.7. The van der Waals surface area contributed by atoms with Crippen LogP contribution in [0.1, 0.15) is 44.8 Å². The van der Waals surface area contributed by atoms with E-state index in [1.807, 2.05) is 37.3 Å². The van der Waals surface area contributed by atoms with Crippen LogP contribution in [0.15, 0.2) is 35.3 Å². The van der Waals surface area contributed by atoms with Crippen LogP contribution in [-0.2, 0) is 15.5 Å². The Hall–Kier alpha value is -3.10. The van der Waals surface area contributed by atoms with E-state index in [1.54, 1.807) is 28.7 Å². The quantitative estimate of drug-likeness (QED) is 0.553. The Morgan fingerprint density at radius 3 is 2.68 bits per heavy atom. The van der Waals surface area contributed by atoms with Crippen LogP contribution in [0, 0.1) is 16.7 Å². The van der Waals surface area contributed by atoms with Crippen LogP contribution in [0.3, 0.4) is 0 Å². The van der Waals surface area contributed by atoms with Crippen molar-refractivity contribution in [3.8, 4) is 17.3 Å². The zero-order valence-electron chi connectivity index (χ0n) is 19.8. The molecule has 34 heavy (non-hydrogen) atoms. The fourth-order valence-electron chi connectivity index (χ4n) is 4.54. The van der Waals surface area contributed by atoms with E-state index < -0.39 is 20.9 Å². The zero-order valence-corrected chi connectivity index (χ0v) is 20.6. The molecule has 5 rings (SSSR count). The summed E-state index contributed by atoms with van der Waals surface area (Å²) < 4.78 is 22.8. The first-order chi connectivity index (χ1) is 16.1. The van der Waals surface area contributed by atoms with Crippen molar-refractivity contribution in [1.29, 1.82) is 5.26 Å². The number of aromatic nitrogens is 5. The zero-order chi connectivity index (χ0) is 24.3. The van der Waals surface area contributed by atoms with Gasteiger partial charge in [-0.25, -0.2) is 22.8 Å². The molecule has 0 spiro atoms. The molecular formula is C23H28N8O2S. The van der Waals surface area contributed by atoms with E-state index >= 15 is 0 Å². The Bertz CT molecular complexity index is 1440. The highest BCUT2D eigenvalue weighted by Crippen LogP contribution is 2.41. The van der Waals surface area contributed by atoms with Crippen molar-refractivity contribution in [1.82, 2.24) is 28.6 Å². The number of nitriles is 1. The van der Waals surface area contributed by atoms with Crippen molar-refractivity contribution in [2.45, 2.75) is 50.8 Å². The summed E-state index contributed by atoms with van der Waals surface area (Å²) in [5.41, 5.74) is 0.881. The third-order valence-electron chi connectivity index (χ3n) is 6.62. The fourth-order valence-corrected chi connectivity index (χ4v) is 7.09. The largest absolute Gasteiger partial charge is 0.273 e. The molecule has 1 aliphatic carbocycles. The van der Waals surface area contributed by atoms with Gasteiger partial charge in [-0.2, -0.15) is 10.4 Å². The molecule has 0 bridgehead atoms. The summed E-state index contributed by atoms with van der Waals surface area (Å²) in [5, 5.41) is 15.0. The first-order valence-electron chi connectivity index (χ1n) is 11.3. The Morgan fingerprint density at radius 2 is 2.06 bits per heavy atom. The summed E-state index contributed by atoms with van der Waals surface area (Å²) in [5.74, 6) is -0.0500. The van der Waals surface area contributed by atoms with E-state index in [2.05, 4.69) is 25.5 Å². The lowest BCUT2D eigenvalue weighted by Crippen LogP contribution is -2.64. The minimum atomic E-state index is -2.41. The average Bonchev–Trinajstić information content (AvgIpc) is 3.37. The second-order valence-electron chi connectivity index (χ2n) is 10.2. The van der Waals surface area contributed by atoms with Crippen molar-refractivity contribution < 1.29 is 9.00 Å². The third kappa shape index (κ3) is 3.44. The van der Waals surface area contributed by atoms with Gasteiger partial charge in [-0.05, 0) is 18.9 Å². The number of hydrogen-bond donors (Lipinski definition) is 0. The molecule has 0 radical (unpaired) electrons. The molecule has 4 heterocycles. The molecule has 1 atom stereocenters. The number of carbonyl (C=O) groups is 1. The molecule has 1 saturated heterocycles. The van der Waals surface area contributed by atoms with Gasteiger partial charge < -0.3 is 0 Å². The third-order valence-corrected chi connectivity index (χ3v) is 9.48. The van der Waals surface area contributed by atoms with Gasteiger partial charge in [0.15, 0.2) is 5.65 Å². The molecule has 1 unspecified atom stereocenters. The highest BCUT2D eigenvalue weighted by molar-refractivity contribution is 7.92. The van der Waals surface area contributed by atoms with Crippen molar-refractivity contribution >= 4 is 26.9 Å². The SMILES string of the molecule is CN=S(=O)(C1CC1)N1CC(CC#N)(n2cc(-c3ncnc4c3ccn4C(=O)C(C)(C)C)cn2)C1. The van der Waals surface area contributed by atoms with Crippen molar-refractivity contribution in [3.05, 3.63) is 31.0 Å². The Balaban J connectivity index is 1.48. The lowest BCUT2D eigenvalue weighted by molar-refractivity contribution is 0.0747. The molecule has 11 heteroatoms. The van der Waals surface area contributed by atoms with Crippen LogP contribution >= 0.6 is 0 Å². The molecule has 0 aromatic carbocycles. The maximum Gasteiger partial charge on any atom is 0.237 e. The Kier molecular flexibility index (Phi) is 5.15. The number of carbonyl (C=O) groups excluding carboxylic acids is 1. The van der Waals surface area contributed by atoms with Crippen molar-refractivity contribution in [2.24, 2.45) is 9.78 Å². The number of hydrogen-bond acceptors (Lipinski definition) is 7. The topological polar surface area (TPSA) is 122 Å². The van der Waals surface area contributed by atoms with Crippen LogP contribution in [0.4, 0.5) is 0 Å². The summed E-state index contributed by atoms with van der Waals surface area (Å²) in [6.45, 7) is 6.54. The van der Waals surface area contributed by atoms with Gasteiger partial charge in [-0.15, -0.1) is 0 Å². The molecular weight excluding hydrogens is 452 g/mol. The smallest absolute Gasteiger partial charge is 0.237 e. The van der Waals surface area contributed by atoms with Gasteiger partial charge in [-0.1, -0.05) is 20.8 Å². The predicted molar refractivity (Wildman–Crippen MR) is 128 cm³/mol. The van der Waals surface area contributed by atoms with Gasteiger partial charge in [0.25, 0.3) is 0 Å². The van der Waals surface area contributed by atoms with Crippen LogP contribution in [0.2, 0.25) is 0 Å². The Labute approximate surface area is 198 Å². The normalized spacial score (nSPS) is 19.9. The van der Waals surface area contributed by atoms with Gasteiger partial charge in [0.05, 0.1) is 29.6 Å². The molecule has 178 valence electrons. The van der Waals surface area contributed by atoms with Crippen LogP contribution in [0.25, 0.3) is 22.3 Å². The molecule has 0 amide bonds. The van der Waals surface area contributed by atoms with E-state index in [-0.39, 0.29) is 17.6 Å². The minimum Gasteiger partial charge on any atom is -0.273 e. The van der Waals surface area contributed by atoms with E-state index in [9.17, 15) is 14.3 Å². The first-order valence-corrected chi connectivity index (χ1v) is 12.8. The van der Waals surface area contributed by atoms with E-state index in [0.29, 0.717) is 24.4 Å². The van der Waals surface area contributed by atoms with E-state index in [0.717, 1.165) is 23.8 Å². The Morgan fingerprint density at radius 1 is 1.32 bits per heavy atom. The summed E-state index contributed by atoms with van der Waals surface area (Å²) in [6, 6.07) is 4.12. The fraction of sp³-hybridized carbons (Fsp3) is 0.522. The van der Waals surface area contributed by atoms with Gasteiger partial charge >= 0.3 is 0 Å². The molecule has 1 saturated carbocycles. The van der Waals surface area contributed by atoms with Gasteiger partial charge in [0.2, 0.25) is 5.91 Å². The number of rotatable bonds is 5. The van der Waals surface area contributed by atoms with Crippen LogP contribution < -0.4 is 0 Å². The number of nitrogens with zero attached hydrogens (tertiary/aromatic N) is 8. The highest BCUT2D eigenvalue weighted by atomic mass is 32.2. The van der Waals surface area contributed by atoms with Gasteiger partial charge in [-0.3, -0.25) is 14.0 Å². The van der Waals surface area contributed by atoms with E-state index in [1.165, 1.54) is 6.33 Å². The average molecular weight is 481 g/mol. The summed E-state index contributed by atoms with van der Waals surface area (Å²) in [4.78, 5) is 21.7. The summed E-state index contributed by atoms with van der Waals surface area (Å²) in [6.07, 6.45) is 8.89. The summed E-state index contributed by atoms with van der Waals surface area (Å²) >= 11 is 0. The molecule has 3 aromatic heterocycles. The molecule has 2 fully saturated rings. The van der Waals surface area contributed by atoms with E-state index in [4.69, 9.17) is 0 Å². The van der Waals surface area contributed by atoms with Crippen molar-refractivity contribution in [2.75, 3.05) is 20.1 Å². The number of fused-ring (bicyclic) bond motifs is 1. The molecule has 0 N–H and O–H groups in total. The van der Waals surface area contributed by atoms with Crippen molar-refractivity contribution in [3.63, 3.8) is 0 Å². The lowest BCUT2D eigenvalue weighted by Gasteiger charge is -2.49. The second kappa shape index (κ2) is 7.71. The lowest BCUT2D eigenvalue weighted by atomic mass is 9.89. The van der Waals surface area contributed by atoms with Crippen LogP contribution in [-0.4, -0.2) is 64.1 Å². The molecule has 1 aliphatic heterocycles. The molecule has 2 aliphatic rings. The van der Waals surface area contributed by atoms with Gasteiger partial charge in [0, 0.05) is 48.9 Å². The highest BCUT2D eigenvalue weighted by Gasteiger charge is 2.52. The monoisotopic (exact) mass is 480 g/mol. The molecule has 3 aromatic rings. The standard InChI is InChI=1S/C23H28N8O2S/c1-22(2,3)21(32)30-10-7-18-19(26-15-27-20(18)30)16-11-28-31(12-16)23(8-9-24)13-29(14-23)34(33,25-4)17-5-6-17/h7,10-12,15,17H,5-6,8,13-14H2,1-4H3. The summed E-state index contributed by atoms with van der Waals surface area (Å²) in [7, 11) is -0.792. The van der Waals surface area contributed by atoms with Gasteiger partial charge in [0.1, 0.15) is 21.8 Å². The second-order valence-corrected chi connectivity index (χ2v) is 12.8. The van der Waals surface area contributed by atoms with Crippen LogP contribution in [0.5, 0.6) is 0 Å². The maximum atomic E-state index is 13.3.